The Kier molecular flexibility index (Phi) is 8.22. The van der Waals surface area contributed by atoms with Gasteiger partial charge < -0.3 is 10.1 Å². The minimum Gasteiger partial charge on any atom is -0.454 e. The van der Waals surface area contributed by atoms with Crippen LogP contribution in [0, 0.1) is 12.8 Å². The van der Waals surface area contributed by atoms with Gasteiger partial charge in [0.05, 0.1) is 11.9 Å². The number of ether oxygens (including phenoxy) is 1. The molecule has 0 spiro atoms. The zero-order chi connectivity index (χ0) is 22.3. The number of nitrogens with one attached hydrogen (secondary N) is 2. The number of hydrogen-bond donors (Lipinski definition) is 2. The van der Waals surface area contributed by atoms with Crippen LogP contribution in [0.15, 0.2) is 24.3 Å². The van der Waals surface area contributed by atoms with Crippen LogP contribution in [-0.2, 0) is 24.3 Å². The molecule has 2 unspecified atom stereocenters. The lowest BCUT2D eigenvalue weighted by molar-refractivity contribution is -0.146. The summed E-state index contributed by atoms with van der Waals surface area (Å²) >= 11 is 0. The van der Waals surface area contributed by atoms with Crippen LogP contribution in [0.5, 0.6) is 0 Å². The predicted octanol–water partition coefficient (Wildman–Crippen LogP) is 1.71. The van der Waals surface area contributed by atoms with Gasteiger partial charge in [-0.1, -0.05) is 38.0 Å². The number of sulfonamides is 1. The van der Waals surface area contributed by atoms with Crippen LogP contribution in [0.3, 0.4) is 0 Å². The fourth-order valence-electron chi connectivity index (χ4n) is 3.43. The SMILES string of the molecule is Cc1ccccc1N(CC(=O)OCC(=O)NC(=O)NC1CCCCC1C)S(C)(=O)=O. The Morgan fingerprint density at radius 2 is 1.83 bits per heavy atom. The van der Waals surface area contributed by atoms with E-state index in [4.69, 9.17) is 4.74 Å². The van der Waals surface area contributed by atoms with Crippen LogP contribution < -0.4 is 14.9 Å². The van der Waals surface area contributed by atoms with Gasteiger partial charge in [0.2, 0.25) is 10.0 Å². The highest BCUT2D eigenvalue weighted by molar-refractivity contribution is 7.92. The number of nitrogens with zero attached hydrogens (tertiary/aromatic N) is 1. The quantitative estimate of drug-likeness (QED) is 0.624. The van der Waals surface area contributed by atoms with E-state index in [1.54, 1.807) is 31.2 Å². The summed E-state index contributed by atoms with van der Waals surface area (Å²) < 4.78 is 30.0. The normalized spacial score (nSPS) is 18.9. The predicted molar refractivity (Wildman–Crippen MR) is 112 cm³/mol. The molecule has 0 bridgehead atoms. The molecule has 2 N–H and O–H groups in total. The number of para-hydroxylation sites is 1. The number of carbonyl (C=O) groups excluding carboxylic acids is 3. The van der Waals surface area contributed by atoms with Gasteiger partial charge >= 0.3 is 12.0 Å². The van der Waals surface area contributed by atoms with Crippen molar-refractivity contribution >= 4 is 33.6 Å². The molecule has 1 aromatic rings. The van der Waals surface area contributed by atoms with Gasteiger partial charge in [-0.2, -0.15) is 0 Å². The van der Waals surface area contributed by atoms with Crippen molar-refractivity contribution < 1.29 is 27.5 Å². The maximum absolute atomic E-state index is 12.1. The molecule has 0 aliphatic heterocycles. The minimum atomic E-state index is -3.75. The van der Waals surface area contributed by atoms with Crippen molar-refractivity contribution in [2.75, 3.05) is 23.7 Å². The average molecular weight is 440 g/mol. The summed E-state index contributed by atoms with van der Waals surface area (Å²) in [6, 6.07) is 6.08. The van der Waals surface area contributed by atoms with Crippen LogP contribution in [0.4, 0.5) is 10.5 Å². The molecule has 0 saturated heterocycles. The molecule has 1 saturated carbocycles. The lowest BCUT2D eigenvalue weighted by Crippen LogP contribution is -2.48. The summed E-state index contributed by atoms with van der Waals surface area (Å²) in [5.74, 6) is -1.35. The first kappa shape index (κ1) is 23.7. The summed E-state index contributed by atoms with van der Waals surface area (Å²) in [4.78, 5) is 36.0. The number of esters is 1. The fraction of sp³-hybridized carbons (Fsp3) is 0.550. The van der Waals surface area contributed by atoms with Gasteiger partial charge in [-0.05, 0) is 37.3 Å². The number of aryl methyl sites for hydroxylation is 1. The van der Waals surface area contributed by atoms with Gasteiger partial charge in [0.15, 0.2) is 6.61 Å². The lowest BCUT2D eigenvalue weighted by Gasteiger charge is -2.29. The first-order valence-electron chi connectivity index (χ1n) is 9.87. The molecule has 9 nitrogen and oxygen atoms in total. The monoisotopic (exact) mass is 439 g/mol. The van der Waals surface area contributed by atoms with Crippen LogP contribution in [0.1, 0.15) is 38.2 Å². The van der Waals surface area contributed by atoms with Crippen molar-refractivity contribution in [2.24, 2.45) is 5.92 Å². The summed E-state index contributed by atoms with van der Waals surface area (Å²) in [5.41, 5.74) is 1.02. The van der Waals surface area contributed by atoms with Gasteiger partial charge in [0, 0.05) is 6.04 Å². The van der Waals surface area contributed by atoms with E-state index in [-0.39, 0.29) is 6.04 Å². The van der Waals surface area contributed by atoms with E-state index in [1.807, 2.05) is 0 Å². The van der Waals surface area contributed by atoms with E-state index in [0.717, 1.165) is 36.2 Å². The Bertz CT molecular complexity index is 886. The lowest BCUT2D eigenvalue weighted by atomic mass is 9.86. The number of carbonyl (C=O) groups is 3. The Morgan fingerprint density at radius 1 is 1.17 bits per heavy atom. The Hall–Kier alpha value is -2.62. The fourth-order valence-corrected chi connectivity index (χ4v) is 4.33. The summed E-state index contributed by atoms with van der Waals surface area (Å²) in [7, 11) is -3.75. The number of imide groups is 1. The Balaban J connectivity index is 1.85. The standard InChI is InChI=1S/C20H29N3O6S/c1-14-8-4-6-10-16(14)21-20(26)22-18(24)13-29-19(25)12-23(30(3,27)28)17-11-7-5-9-15(17)2/h5,7,9,11,14,16H,4,6,8,10,12-13H2,1-3H3,(H2,21,22,24,26). The smallest absolute Gasteiger partial charge is 0.327 e. The van der Waals surface area contributed by atoms with E-state index in [9.17, 15) is 22.8 Å². The molecule has 1 aliphatic rings. The Labute approximate surface area is 177 Å². The third kappa shape index (κ3) is 7.01. The second-order valence-corrected chi connectivity index (χ2v) is 9.51. The Morgan fingerprint density at radius 3 is 2.47 bits per heavy atom. The van der Waals surface area contributed by atoms with Gasteiger partial charge in [-0.3, -0.25) is 19.2 Å². The van der Waals surface area contributed by atoms with Gasteiger partial charge in [-0.25, -0.2) is 13.2 Å². The van der Waals surface area contributed by atoms with Crippen molar-refractivity contribution in [3.8, 4) is 0 Å². The first-order valence-corrected chi connectivity index (χ1v) is 11.7. The molecule has 2 atom stereocenters. The second kappa shape index (κ2) is 10.4. The highest BCUT2D eigenvalue weighted by Gasteiger charge is 2.25. The summed E-state index contributed by atoms with van der Waals surface area (Å²) in [6.07, 6.45) is 5.02. The topological polar surface area (TPSA) is 122 Å². The second-order valence-electron chi connectivity index (χ2n) is 7.61. The summed E-state index contributed by atoms with van der Waals surface area (Å²) in [5, 5.41) is 4.90. The molecule has 0 heterocycles. The van der Waals surface area contributed by atoms with E-state index in [0.29, 0.717) is 17.2 Å². The minimum absolute atomic E-state index is 0.00605. The van der Waals surface area contributed by atoms with Gasteiger partial charge in [0.25, 0.3) is 5.91 Å². The maximum Gasteiger partial charge on any atom is 0.327 e. The van der Waals surface area contributed by atoms with Crippen LogP contribution in [0.2, 0.25) is 0 Å². The van der Waals surface area contributed by atoms with Crippen molar-refractivity contribution in [2.45, 2.75) is 45.6 Å². The number of hydrogen-bond acceptors (Lipinski definition) is 6. The highest BCUT2D eigenvalue weighted by Crippen LogP contribution is 2.23. The summed E-state index contributed by atoms with van der Waals surface area (Å²) in [6.45, 7) is 2.51. The van der Waals surface area contributed by atoms with Crippen LogP contribution >= 0.6 is 0 Å². The van der Waals surface area contributed by atoms with Crippen LogP contribution in [-0.4, -0.2) is 51.8 Å². The van der Waals surface area contributed by atoms with Crippen molar-refractivity contribution in [1.82, 2.24) is 10.6 Å². The number of benzene rings is 1. The van der Waals surface area contributed by atoms with E-state index in [1.165, 1.54) is 0 Å². The molecule has 3 amide bonds. The van der Waals surface area contributed by atoms with Gasteiger partial charge in [-0.15, -0.1) is 0 Å². The largest absolute Gasteiger partial charge is 0.454 e. The number of rotatable bonds is 7. The first-order chi connectivity index (χ1) is 14.1. The molecule has 2 rings (SSSR count). The maximum atomic E-state index is 12.1. The van der Waals surface area contributed by atoms with Gasteiger partial charge in [0.1, 0.15) is 6.54 Å². The molecule has 1 fully saturated rings. The number of amides is 3. The number of anilines is 1. The molecule has 1 aromatic carbocycles. The van der Waals surface area contributed by atoms with Crippen LogP contribution in [0.25, 0.3) is 0 Å². The van der Waals surface area contributed by atoms with E-state index < -0.39 is 41.1 Å². The molecule has 0 aromatic heterocycles. The molecule has 1 aliphatic carbocycles. The van der Waals surface area contributed by atoms with Crippen molar-refractivity contribution in [1.29, 1.82) is 0 Å². The molecule has 30 heavy (non-hydrogen) atoms. The van der Waals surface area contributed by atoms with E-state index in [2.05, 4.69) is 17.6 Å². The zero-order valence-corrected chi connectivity index (χ0v) is 18.3. The molecule has 10 heteroatoms. The van der Waals surface area contributed by atoms with Crippen molar-refractivity contribution in [3.05, 3.63) is 29.8 Å². The third-order valence-corrected chi connectivity index (χ3v) is 6.23. The highest BCUT2D eigenvalue weighted by atomic mass is 32.2. The molecular weight excluding hydrogens is 410 g/mol. The van der Waals surface area contributed by atoms with Crippen molar-refractivity contribution in [3.63, 3.8) is 0 Å². The number of urea groups is 1. The molecular formula is C20H29N3O6S. The average Bonchev–Trinajstić information content (AvgIpc) is 2.66. The third-order valence-electron chi connectivity index (χ3n) is 5.10. The van der Waals surface area contributed by atoms with E-state index >= 15 is 0 Å². The zero-order valence-electron chi connectivity index (χ0n) is 17.5. The molecule has 0 radical (unpaired) electrons. The molecule has 166 valence electrons.